The van der Waals surface area contributed by atoms with Crippen LogP contribution in [0.2, 0.25) is 0 Å². The van der Waals surface area contributed by atoms with Crippen LogP contribution in [0.3, 0.4) is 0 Å². The molecule has 20 heavy (non-hydrogen) atoms. The standard InChI is InChI=1S/C14H18F3NOS/c1-11(2)10-19-8-7-18-9-12-3-5-13(6-4-12)20-14(15,16)17/h3-6,18H,1,7-10H2,2H3. The second-order valence-electron chi connectivity index (χ2n) is 4.38. The van der Waals surface area contributed by atoms with Crippen molar-refractivity contribution in [2.75, 3.05) is 19.8 Å². The summed E-state index contributed by atoms with van der Waals surface area (Å²) in [7, 11) is 0. The van der Waals surface area contributed by atoms with Gasteiger partial charge in [0.25, 0.3) is 0 Å². The van der Waals surface area contributed by atoms with E-state index in [0.717, 1.165) is 11.1 Å². The van der Waals surface area contributed by atoms with Gasteiger partial charge in [0.2, 0.25) is 0 Å². The van der Waals surface area contributed by atoms with Gasteiger partial charge >= 0.3 is 5.51 Å². The summed E-state index contributed by atoms with van der Waals surface area (Å²) in [6.07, 6.45) is 0. The number of hydrogen-bond acceptors (Lipinski definition) is 3. The SMILES string of the molecule is C=C(C)COCCNCc1ccc(SC(F)(F)F)cc1. The topological polar surface area (TPSA) is 21.3 Å². The van der Waals surface area contributed by atoms with Crippen LogP contribution in [0.25, 0.3) is 0 Å². The molecule has 0 heterocycles. The van der Waals surface area contributed by atoms with E-state index in [2.05, 4.69) is 11.9 Å². The Hall–Kier alpha value is -0.980. The van der Waals surface area contributed by atoms with Crippen molar-refractivity contribution in [1.29, 1.82) is 0 Å². The van der Waals surface area contributed by atoms with E-state index in [1.807, 2.05) is 6.92 Å². The molecule has 0 fully saturated rings. The molecule has 0 bridgehead atoms. The number of nitrogens with one attached hydrogen (secondary N) is 1. The van der Waals surface area contributed by atoms with Crippen LogP contribution >= 0.6 is 11.8 Å². The lowest BCUT2D eigenvalue weighted by Gasteiger charge is -2.08. The van der Waals surface area contributed by atoms with Gasteiger partial charge in [-0.15, -0.1) is 0 Å². The van der Waals surface area contributed by atoms with Gasteiger partial charge in [-0.05, 0) is 36.4 Å². The van der Waals surface area contributed by atoms with Gasteiger partial charge in [-0.1, -0.05) is 24.3 Å². The molecular weight excluding hydrogens is 287 g/mol. The number of ether oxygens (including phenoxy) is 1. The van der Waals surface area contributed by atoms with Crippen molar-refractivity contribution in [3.05, 3.63) is 42.0 Å². The second kappa shape index (κ2) is 8.34. The average Bonchev–Trinajstić information content (AvgIpc) is 2.33. The lowest BCUT2D eigenvalue weighted by atomic mass is 10.2. The minimum absolute atomic E-state index is 0.102. The van der Waals surface area contributed by atoms with E-state index in [9.17, 15) is 13.2 Å². The zero-order valence-electron chi connectivity index (χ0n) is 11.3. The minimum atomic E-state index is -4.24. The summed E-state index contributed by atoms with van der Waals surface area (Å²) in [6, 6.07) is 6.34. The van der Waals surface area contributed by atoms with Gasteiger partial charge < -0.3 is 10.1 Å². The van der Waals surface area contributed by atoms with Crippen LogP contribution in [0.15, 0.2) is 41.3 Å². The summed E-state index contributed by atoms with van der Waals surface area (Å²) in [5, 5.41) is 3.16. The van der Waals surface area contributed by atoms with Crippen molar-refractivity contribution in [2.24, 2.45) is 0 Å². The molecule has 0 amide bonds. The van der Waals surface area contributed by atoms with Crippen LogP contribution < -0.4 is 5.32 Å². The quantitative estimate of drug-likeness (QED) is 0.446. The molecule has 0 aliphatic rings. The molecule has 0 aliphatic carbocycles. The molecule has 0 unspecified atom stereocenters. The van der Waals surface area contributed by atoms with Gasteiger partial charge in [0.05, 0.1) is 13.2 Å². The van der Waals surface area contributed by atoms with Crippen molar-refractivity contribution in [2.45, 2.75) is 23.9 Å². The summed E-state index contributed by atoms with van der Waals surface area (Å²) in [4.78, 5) is 0.200. The molecule has 1 aromatic rings. The van der Waals surface area contributed by atoms with Crippen LogP contribution in [-0.4, -0.2) is 25.3 Å². The van der Waals surface area contributed by atoms with Crippen LogP contribution in [0.1, 0.15) is 12.5 Å². The van der Waals surface area contributed by atoms with Gasteiger partial charge in [0, 0.05) is 18.0 Å². The Morgan fingerprint density at radius 1 is 1.30 bits per heavy atom. The maximum absolute atomic E-state index is 12.2. The first kappa shape index (κ1) is 17.1. The highest BCUT2D eigenvalue weighted by atomic mass is 32.2. The minimum Gasteiger partial charge on any atom is -0.376 e. The summed E-state index contributed by atoms with van der Waals surface area (Å²) in [6.45, 7) is 8.04. The van der Waals surface area contributed by atoms with Crippen LogP contribution in [0.5, 0.6) is 0 Å². The zero-order chi connectivity index (χ0) is 15.0. The van der Waals surface area contributed by atoms with Crippen molar-refractivity contribution in [3.63, 3.8) is 0 Å². The molecular formula is C14H18F3NOS. The fourth-order valence-electron chi connectivity index (χ4n) is 1.43. The van der Waals surface area contributed by atoms with Gasteiger partial charge in [0.15, 0.2) is 0 Å². The fourth-order valence-corrected chi connectivity index (χ4v) is 1.97. The third kappa shape index (κ3) is 8.24. The maximum Gasteiger partial charge on any atom is 0.446 e. The third-order valence-corrected chi connectivity index (χ3v) is 3.00. The van der Waals surface area contributed by atoms with E-state index in [1.54, 1.807) is 12.1 Å². The summed E-state index contributed by atoms with van der Waals surface area (Å²) < 4.78 is 41.8. The van der Waals surface area contributed by atoms with Gasteiger partial charge in [0.1, 0.15) is 0 Å². The highest BCUT2D eigenvalue weighted by molar-refractivity contribution is 8.00. The van der Waals surface area contributed by atoms with Crippen molar-refractivity contribution in [3.8, 4) is 0 Å². The van der Waals surface area contributed by atoms with E-state index in [-0.39, 0.29) is 16.7 Å². The van der Waals surface area contributed by atoms with Gasteiger partial charge in [-0.2, -0.15) is 13.2 Å². The predicted octanol–water partition coefficient (Wildman–Crippen LogP) is 3.98. The molecule has 112 valence electrons. The Kier molecular flexibility index (Phi) is 7.12. The molecule has 6 heteroatoms. The monoisotopic (exact) mass is 305 g/mol. The van der Waals surface area contributed by atoms with Crippen LogP contribution in [0, 0.1) is 0 Å². The number of alkyl halides is 3. The highest BCUT2D eigenvalue weighted by Gasteiger charge is 2.28. The Bertz CT molecular complexity index is 417. The molecule has 0 aliphatic heterocycles. The lowest BCUT2D eigenvalue weighted by Crippen LogP contribution is -2.19. The average molecular weight is 305 g/mol. The van der Waals surface area contributed by atoms with Crippen molar-refractivity contribution in [1.82, 2.24) is 5.32 Å². The normalized spacial score (nSPS) is 11.6. The molecule has 0 spiro atoms. The van der Waals surface area contributed by atoms with E-state index >= 15 is 0 Å². The van der Waals surface area contributed by atoms with E-state index in [1.165, 1.54) is 12.1 Å². The first-order valence-corrected chi connectivity index (χ1v) is 6.96. The molecule has 1 rings (SSSR count). The Morgan fingerprint density at radius 2 is 1.95 bits per heavy atom. The first-order valence-electron chi connectivity index (χ1n) is 6.14. The van der Waals surface area contributed by atoms with Gasteiger partial charge in [-0.3, -0.25) is 0 Å². The highest BCUT2D eigenvalue weighted by Crippen LogP contribution is 2.36. The predicted molar refractivity (Wildman–Crippen MR) is 75.7 cm³/mol. The molecule has 1 N–H and O–H groups in total. The summed E-state index contributed by atoms with van der Waals surface area (Å²) >= 11 is -0.102. The van der Waals surface area contributed by atoms with Crippen LogP contribution in [-0.2, 0) is 11.3 Å². The Labute approximate surface area is 121 Å². The third-order valence-electron chi connectivity index (χ3n) is 2.26. The number of hydrogen-bond donors (Lipinski definition) is 1. The summed E-state index contributed by atoms with van der Waals surface area (Å²) in [5.41, 5.74) is -2.32. The van der Waals surface area contributed by atoms with Crippen LogP contribution in [0.4, 0.5) is 13.2 Å². The second-order valence-corrected chi connectivity index (χ2v) is 5.52. The number of rotatable bonds is 8. The number of halogens is 3. The molecule has 0 atom stereocenters. The molecule has 2 nitrogen and oxygen atoms in total. The lowest BCUT2D eigenvalue weighted by molar-refractivity contribution is -0.0328. The smallest absolute Gasteiger partial charge is 0.376 e. The van der Waals surface area contributed by atoms with Crippen molar-refractivity contribution < 1.29 is 17.9 Å². The van der Waals surface area contributed by atoms with E-state index in [4.69, 9.17) is 4.74 Å². The molecule has 1 aromatic carbocycles. The maximum atomic E-state index is 12.2. The van der Waals surface area contributed by atoms with E-state index < -0.39 is 5.51 Å². The van der Waals surface area contributed by atoms with Crippen molar-refractivity contribution >= 4 is 11.8 Å². The number of thioether (sulfide) groups is 1. The molecule has 0 radical (unpaired) electrons. The molecule has 0 aromatic heterocycles. The molecule has 0 saturated carbocycles. The fraction of sp³-hybridized carbons (Fsp3) is 0.429. The van der Waals surface area contributed by atoms with Gasteiger partial charge in [-0.25, -0.2) is 0 Å². The van der Waals surface area contributed by atoms with E-state index in [0.29, 0.717) is 26.3 Å². The Morgan fingerprint density at radius 3 is 2.50 bits per heavy atom. The Balaban J connectivity index is 2.23. The summed E-state index contributed by atoms with van der Waals surface area (Å²) in [5.74, 6) is 0. The zero-order valence-corrected chi connectivity index (χ0v) is 12.1. The largest absolute Gasteiger partial charge is 0.446 e. The first-order chi connectivity index (χ1) is 9.37. The molecule has 0 saturated heterocycles. The number of benzene rings is 1.